The van der Waals surface area contributed by atoms with Crippen LogP contribution in [-0.4, -0.2) is 44.2 Å². The molecule has 8 nitrogen and oxygen atoms in total. The maximum Gasteiger partial charge on any atom is 0.225 e. The molecule has 2 aromatic heterocycles. The van der Waals surface area contributed by atoms with Crippen LogP contribution in [0.2, 0.25) is 0 Å². The second kappa shape index (κ2) is 7.16. The monoisotopic (exact) mass is 397 g/mol. The number of anilines is 3. The molecule has 156 valence electrons. The van der Waals surface area contributed by atoms with Crippen LogP contribution in [0, 0.1) is 24.7 Å². The molecule has 0 saturated heterocycles. The Morgan fingerprint density at radius 1 is 1.28 bits per heavy atom. The molecular formula is C21H31N7O. The highest BCUT2D eigenvalue weighted by Gasteiger charge is 2.39. The van der Waals surface area contributed by atoms with E-state index >= 15 is 0 Å². The third kappa shape index (κ3) is 3.43. The molecule has 3 N–H and O–H groups in total. The second-order valence-corrected chi connectivity index (χ2v) is 9.13. The molecule has 0 amide bonds. The van der Waals surface area contributed by atoms with Gasteiger partial charge in [0, 0.05) is 31.9 Å². The van der Waals surface area contributed by atoms with Crippen molar-refractivity contribution in [2.75, 3.05) is 22.6 Å². The zero-order valence-electron chi connectivity index (χ0n) is 17.5. The molecule has 2 fully saturated rings. The van der Waals surface area contributed by atoms with E-state index < -0.39 is 6.23 Å². The van der Waals surface area contributed by atoms with Crippen LogP contribution in [0.3, 0.4) is 0 Å². The summed E-state index contributed by atoms with van der Waals surface area (Å²) in [6.07, 6.45) is 9.14. The molecule has 8 heteroatoms. The van der Waals surface area contributed by atoms with Crippen LogP contribution in [0.1, 0.15) is 43.9 Å². The van der Waals surface area contributed by atoms with Crippen molar-refractivity contribution in [3.8, 4) is 0 Å². The summed E-state index contributed by atoms with van der Waals surface area (Å²) in [6, 6.07) is -0.0614. The van der Waals surface area contributed by atoms with Crippen molar-refractivity contribution >= 4 is 17.5 Å². The number of likely N-dealkylation sites (N-methyl/N-ethyl adjacent to an activating group) is 1. The van der Waals surface area contributed by atoms with Crippen molar-refractivity contribution in [2.45, 2.75) is 64.9 Å². The first-order valence-electron chi connectivity index (χ1n) is 10.8. The Hall–Kier alpha value is -2.35. The van der Waals surface area contributed by atoms with Crippen LogP contribution < -0.4 is 15.5 Å². The van der Waals surface area contributed by atoms with E-state index in [1.807, 2.05) is 32.0 Å². The molecule has 2 bridgehead atoms. The Morgan fingerprint density at radius 3 is 2.90 bits per heavy atom. The van der Waals surface area contributed by atoms with E-state index in [4.69, 9.17) is 0 Å². The summed E-state index contributed by atoms with van der Waals surface area (Å²) in [5.41, 5.74) is 2.76. The van der Waals surface area contributed by atoms with Crippen LogP contribution in [0.4, 0.5) is 17.5 Å². The van der Waals surface area contributed by atoms with Gasteiger partial charge in [-0.25, -0.2) is 4.98 Å². The molecule has 0 aromatic carbocycles. The minimum atomic E-state index is -0.630. The number of hydrogen-bond acceptors (Lipinski definition) is 7. The quantitative estimate of drug-likeness (QED) is 0.714. The minimum Gasteiger partial charge on any atom is -0.372 e. The summed E-state index contributed by atoms with van der Waals surface area (Å²) >= 11 is 0. The standard InChI is InChI=1S/C21H31N7O/c1-12-18-19(27(3)13(2)20(29)25-18)26-21(24-12)22-8-15-9-23-28(10-15)11-17-7-14-4-5-16(17)6-14/h9-10,13-14,16-17,20,25,29H,4-8,11H2,1-3H3,(H,22,24,26)/t13-,14?,16+,17+,20?/m0/s1. The lowest BCUT2D eigenvalue weighted by atomic mass is 9.89. The van der Waals surface area contributed by atoms with Crippen LogP contribution in [0.25, 0.3) is 0 Å². The van der Waals surface area contributed by atoms with E-state index in [0.717, 1.165) is 47.1 Å². The number of aryl methyl sites for hydroxylation is 1. The van der Waals surface area contributed by atoms with E-state index in [1.54, 1.807) is 0 Å². The summed E-state index contributed by atoms with van der Waals surface area (Å²) in [6.45, 7) is 5.59. The van der Waals surface area contributed by atoms with E-state index in [9.17, 15) is 5.11 Å². The molecule has 2 aromatic rings. The van der Waals surface area contributed by atoms with Gasteiger partial charge in [0.15, 0.2) is 5.82 Å². The first-order chi connectivity index (χ1) is 14.0. The molecule has 5 rings (SSSR count). The van der Waals surface area contributed by atoms with Crippen LogP contribution in [-0.2, 0) is 13.1 Å². The predicted octanol–water partition coefficient (Wildman–Crippen LogP) is 2.60. The lowest BCUT2D eigenvalue weighted by molar-refractivity contribution is 0.172. The number of nitrogens with one attached hydrogen (secondary N) is 2. The fourth-order valence-corrected chi connectivity index (χ4v) is 5.35. The number of aliphatic hydroxyl groups excluding tert-OH is 1. The van der Waals surface area contributed by atoms with Gasteiger partial charge in [-0.1, -0.05) is 6.42 Å². The molecule has 0 spiro atoms. The van der Waals surface area contributed by atoms with Crippen molar-refractivity contribution in [3.63, 3.8) is 0 Å². The van der Waals surface area contributed by atoms with E-state index in [1.165, 1.54) is 25.7 Å². The normalized spacial score (nSPS) is 30.3. The van der Waals surface area contributed by atoms with Gasteiger partial charge in [-0.3, -0.25) is 4.68 Å². The van der Waals surface area contributed by atoms with E-state index in [0.29, 0.717) is 12.5 Å². The lowest BCUT2D eigenvalue weighted by Crippen LogP contribution is -2.48. The molecule has 2 aliphatic carbocycles. The summed E-state index contributed by atoms with van der Waals surface area (Å²) in [4.78, 5) is 11.2. The summed E-state index contributed by atoms with van der Waals surface area (Å²) in [5.74, 6) is 4.11. The first kappa shape index (κ1) is 18.7. The third-order valence-electron chi connectivity index (χ3n) is 7.21. The molecule has 3 aliphatic rings. The molecule has 0 radical (unpaired) electrons. The van der Waals surface area contributed by atoms with E-state index in [-0.39, 0.29) is 6.04 Å². The lowest BCUT2D eigenvalue weighted by Gasteiger charge is -2.37. The average molecular weight is 398 g/mol. The molecular weight excluding hydrogens is 366 g/mol. The number of rotatable bonds is 5. The number of aliphatic hydroxyl groups is 1. The van der Waals surface area contributed by atoms with Crippen molar-refractivity contribution < 1.29 is 5.11 Å². The maximum absolute atomic E-state index is 10.1. The predicted molar refractivity (Wildman–Crippen MR) is 113 cm³/mol. The van der Waals surface area contributed by atoms with Crippen molar-refractivity contribution in [1.29, 1.82) is 0 Å². The Morgan fingerprint density at radius 2 is 2.14 bits per heavy atom. The number of nitrogens with zero attached hydrogens (tertiary/aromatic N) is 5. The van der Waals surface area contributed by atoms with Crippen LogP contribution >= 0.6 is 0 Å². The van der Waals surface area contributed by atoms with Gasteiger partial charge in [-0.15, -0.1) is 0 Å². The zero-order valence-corrected chi connectivity index (χ0v) is 17.5. The number of aromatic nitrogens is 4. The van der Waals surface area contributed by atoms with Gasteiger partial charge in [-0.2, -0.15) is 10.1 Å². The molecule has 3 heterocycles. The average Bonchev–Trinajstić information content (AvgIpc) is 3.43. The van der Waals surface area contributed by atoms with Crippen molar-refractivity contribution in [1.82, 2.24) is 19.7 Å². The summed E-state index contributed by atoms with van der Waals surface area (Å²) in [7, 11) is 1.95. The molecule has 1 aliphatic heterocycles. The highest BCUT2D eigenvalue weighted by molar-refractivity contribution is 5.72. The minimum absolute atomic E-state index is 0.0614. The molecule has 29 heavy (non-hydrogen) atoms. The Labute approximate surface area is 171 Å². The second-order valence-electron chi connectivity index (χ2n) is 9.13. The maximum atomic E-state index is 10.1. The fraction of sp³-hybridized carbons (Fsp3) is 0.667. The summed E-state index contributed by atoms with van der Waals surface area (Å²) < 4.78 is 2.11. The third-order valence-corrected chi connectivity index (χ3v) is 7.21. The topological polar surface area (TPSA) is 91.1 Å². The smallest absolute Gasteiger partial charge is 0.225 e. The molecule has 2 unspecified atom stereocenters. The highest BCUT2D eigenvalue weighted by atomic mass is 16.3. The van der Waals surface area contributed by atoms with Gasteiger partial charge < -0.3 is 20.6 Å². The van der Waals surface area contributed by atoms with Gasteiger partial charge in [0.2, 0.25) is 5.95 Å². The SMILES string of the molecule is Cc1nc(NCc2cnn(C[C@H]3CC4CC[C@@H]3C4)c2)nc2c1NC(O)[C@H](C)N2C. The largest absolute Gasteiger partial charge is 0.372 e. The molecule has 5 atom stereocenters. The summed E-state index contributed by atoms with van der Waals surface area (Å²) in [5, 5.41) is 21.2. The van der Waals surface area contributed by atoms with Gasteiger partial charge >= 0.3 is 0 Å². The fourth-order valence-electron chi connectivity index (χ4n) is 5.35. The Balaban J connectivity index is 1.24. The van der Waals surface area contributed by atoms with Gasteiger partial charge in [-0.05, 0) is 50.9 Å². The number of hydrogen-bond donors (Lipinski definition) is 3. The van der Waals surface area contributed by atoms with Crippen molar-refractivity contribution in [3.05, 3.63) is 23.7 Å². The number of fused-ring (bicyclic) bond motifs is 3. The Kier molecular flexibility index (Phi) is 4.61. The van der Waals surface area contributed by atoms with Crippen LogP contribution in [0.5, 0.6) is 0 Å². The van der Waals surface area contributed by atoms with Crippen molar-refractivity contribution in [2.24, 2.45) is 17.8 Å². The van der Waals surface area contributed by atoms with Gasteiger partial charge in [0.1, 0.15) is 11.9 Å². The first-order valence-corrected chi connectivity index (χ1v) is 10.8. The van der Waals surface area contributed by atoms with Gasteiger partial charge in [0.05, 0.1) is 17.9 Å². The Bertz CT molecular complexity index is 897. The highest BCUT2D eigenvalue weighted by Crippen LogP contribution is 2.48. The van der Waals surface area contributed by atoms with Gasteiger partial charge in [0.25, 0.3) is 0 Å². The zero-order chi connectivity index (χ0) is 20.1. The van der Waals surface area contributed by atoms with Crippen LogP contribution in [0.15, 0.2) is 12.4 Å². The molecule has 2 saturated carbocycles. The van der Waals surface area contributed by atoms with E-state index in [2.05, 4.69) is 36.6 Å².